The molecule has 1 unspecified atom stereocenters. The zero-order chi connectivity index (χ0) is 22.1. The van der Waals surface area contributed by atoms with E-state index in [1.807, 2.05) is 0 Å². The molecule has 0 fully saturated rings. The highest BCUT2D eigenvalue weighted by molar-refractivity contribution is 5.66. The summed E-state index contributed by atoms with van der Waals surface area (Å²) in [4.78, 5) is 10.4. The molecule has 0 radical (unpaired) electrons. The van der Waals surface area contributed by atoms with Crippen molar-refractivity contribution in [3.63, 3.8) is 0 Å². The van der Waals surface area contributed by atoms with Gasteiger partial charge >= 0.3 is 5.97 Å². The van der Waals surface area contributed by atoms with E-state index in [1.54, 1.807) is 0 Å². The first-order valence-corrected chi connectivity index (χ1v) is 13.6. The number of rotatable bonds is 25. The van der Waals surface area contributed by atoms with Gasteiger partial charge < -0.3 is 10.2 Å². The van der Waals surface area contributed by atoms with Gasteiger partial charge in [0.05, 0.1) is 6.10 Å². The van der Waals surface area contributed by atoms with Crippen molar-refractivity contribution in [3.8, 4) is 0 Å². The summed E-state index contributed by atoms with van der Waals surface area (Å²) in [6.45, 7) is 2.29. The van der Waals surface area contributed by atoms with Crippen molar-refractivity contribution in [2.24, 2.45) is 0 Å². The van der Waals surface area contributed by atoms with Gasteiger partial charge in [-0.3, -0.25) is 4.79 Å². The largest absolute Gasteiger partial charge is 0.481 e. The van der Waals surface area contributed by atoms with Crippen LogP contribution < -0.4 is 0 Å². The molecular formula is C27H54O3. The SMILES string of the molecule is CCCCCCCCCCCCCCCCCCCCCCC(O)CCCC(=O)O. The summed E-state index contributed by atoms with van der Waals surface area (Å²) >= 11 is 0. The van der Waals surface area contributed by atoms with Gasteiger partial charge in [-0.2, -0.15) is 0 Å². The van der Waals surface area contributed by atoms with E-state index in [1.165, 1.54) is 122 Å². The summed E-state index contributed by atoms with van der Waals surface area (Å²) in [5.74, 6) is -0.763. The summed E-state index contributed by atoms with van der Waals surface area (Å²) in [6.07, 6.45) is 29.6. The van der Waals surface area contributed by atoms with Gasteiger partial charge in [0.1, 0.15) is 0 Å². The number of aliphatic carboxylic acids is 1. The average Bonchev–Trinajstić information content (AvgIpc) is 2.72. The summed E-state index contributed by atoms with van der Waals surface area (Å²) in [7, 11) is 0. The molecule has 0 rings (SSSR count). The Kier molecular flexibility index (Phi) is 24.2. The molecule has 0 aliphatic heterocycles. The zero-order valence-corrected chi connectivity index (χ0v) is 20.4. The van der Waals surface area contributed by atoms with Crippen LogP contribution >= 0.6 is 0 Å². The van der Waals surface area contributed by atoms with Gasteiger partial charge in [0.2, 0.25) is 0 Å². The lowest BCUT2D eigenvalue weighted by Crippen LogP contribution is -2.07. The van der Waals surface area contributed by atoms with Gasteiger partial charge in [0.15, 0.2) is 0 Å². The van der Waals surface area contributed by atoms with Crippen LogP contribution in [0, 0.1) is 0 Å². The predicted octanol–water partition coefficient (Wildman–Crippen LogP) is 8.81. The van der Waals surface area contributed by atoms with E-state index >= 15 is 0 Å². The third kappa shape index (κ3) is 25.5. The summed E-state index contributed by atoms with van der Waals surface area (Å²) in [5.41, 5.74) is 0. The lowest BCUT2D eigenvalue weighted by molar-refractivity contribution is -0.137. The second-order valence-corrected chi connectivity index (χ2v) is 9.45. The van der Waals surface area contributed by atoms with Crippen LogP contribution in [0.3, 0.4) is 0 Å². The molecule has 0 aromatic heterocycles. The zero-order valence-electron chi connectivity index (χ0n) is 20.4. The fourth-order valence-corrected chi connectivity index (χ4v) is 4.27. The fraction of sp³-hybridized carbons (Fsp3) is 0.963. The monoisotopic (exact) mass is 426 g/mol. The Labute approximate surface area is 188 Å². The summed E-state index contributed by atoms with van der Waals surface area (Å²) < 4.78 is 0. The Hall–Kier alpha value is -0.570. The minimum atomic E-state index is -0.763. The van der Waals surface area contributed by atoms with Gasteiger partial charge in [-0.25, -0.2) is 0 Å². The molecule has 3 nitrogen and oxygen atoms in total. The molecule has 0 aliphatic carbocycles. The minimum Gasteiger partial charge on any atom is -0.481 e. The topological polar surface area (TPSA) is 57.5 Å². The second-order valence-electron chi connectivity index (χ2n) is 9.45. The van der Waals surface area contributed by atoms with Gasteiger partial charge in [-0.15, -0.1) is 0 Å². The lowest BCUT2D eigenvalue weighted by atomic mass is 10.0. The Balaban J connectivity index is 3.09. The second kappa shape index (κ2) is 24.7. The van der Waals surface area contributed by atoms with Crippen LogP contribution in [0.1, 0.15) is 161 Å². The van der Waals surface area contributed by atoms with Crippen molar-refractivity contribution in [3.05, 3.63) is 0 Å². The number of aliphatic hydroxyl groups excluding tert-OH is 1. The van der Waals surface area contributed by atoms with Gasteiger partial charge in [-0.05, 0) is 19.3 Å². The van der Waals surface area contributed by atoms with Crippen molar-refractivity contribution in [2.45, 2.75) is 167 Å². The molecule has 2 N–H and O–H groups in total. The van der Waals surface area contributed by atoms with Crippen LogP contribution in [0.25, 0.3) is 0 Å². The van der Waals surface area contributed by atoms with Crippen molar-refractivity contribution in [1.29, 1.82) is 0 Å². The third-order valence-corrected chi connectivity index (χ3v) is 6.32. The van der Waals surface area contributed by atoms with E-state index in [4.69, 9.17) is 5.11 Å². The van der Waals surface area contributed by atoms with Gasteiger partial charge in [-0.1, -0.05) is 135 Å². The molecule has 0 saturated carbocycles. The number of carboxylic acids is 1. The molecule has 0 bridgehead atoms. The minimum absolute atomic E-state index is 0.177. The van der Waals surface area contributed by atoms with Crippen LogP contribution in [0.4, 0.5) is 0 Å². The highest BCUT2D eigenvalue weighted by Gasteiger charge is 2.05. The first-order valence-electron chi connectivity index (χ1n) is 13.6. The third-order valence-electron chi connectivity index (χ3n) is 6.32. The number of aliphatic hydroxyl groups is 1. The van der Waals surface area contributed by atoms with E-state index in [2.05, 4.69) is 6.92 Å². The Bertz CT molecular complexity index is 343. The van der Waals surface area contributed by atoms with E-state index in [9.17, 15) is 9.90 Å². The number of unbranched alkanes of at least 4 members (excludes halogenated alkanes) is 19. The van der Waals surface area contributed by atoms with E-state index in [-0.39, 0.29) is 12.5 Å². The molecule has 0 saturated heterocycles. The lowest BCUT2D eigenvalue weighted by Gasteiger charge is -2.09. The number of hydrogen-bond acceptors (Lipinski definition) is 2. The molecule has 0 heterocycles. The first kappa shape index (κ1) is 29.4. The van der Waals surface area contributed by atoms with Gasteiger partial charge in [0.25, 0.3) is 0 Å². The number of hydrogen-bond donors (Lipinski definition) is 2. The molecule has 0 aliphatic rings. The molecule has 0 amide bonds. The molecular weight excluding hydrogens is 372 g/mol. The summed E-state index contributed by atoms with van der Waals surface area (Å²) in [5, 5.41) is 18.4. The molecule has 30 heavy (non-hydrogen) atoms. The van der Waals surface area contributed by atoms with Crippen LogP contribution in [0.5, 0.6) is 0 Å². The molecule has 3 heteroatoms. The van der Waals surface area contributed by atoms with Crippen LogP contribution in [-0.2, 0) is 4.79 Å². The standard InChI is InChI=1S/C27H54O3/c1-2-3-4-5-6-7-8-9-10-11-12-13-14-15-16-17-18-19-20-21-23-26(28)24-22-25-27(29)30/h26,28H,2-25H2,1H3,(H,29,30). The highest BCUT2D eigenvalue weighted by Crippen LogP contribution is 2.16. The highest BCUT2D eigenvalue weighted by atomic mass is 16.4. The average molecular weight is 427 g/mol. The van der Waals surface area contributed by atoms with Crippen LogP contribution in [-0.4, -0.2) is 22.3 Å². The Morgan fingerprint density at radius 3 is 1.17 bits per heavy atom. The van der Waals surface area contributed by atoms with E-state index < -0.39 is 5.97 Å². The smallest absolute Gasteiger partial charge is 0.303 e. The first-order chi connectivity index (χ1) is 14.7. The van der Waals surface area contributed by atoms with Crippen molar-refractivity contribution in [2.75, 3.05) is 0 Å². The van der Waals surface area contributed by atoms with Crippen molar-refractivity contribution < 1.29 is 15.0 Å². The normalized spacial score (nSPS) is 12.3. The molecule has 0 aromatic rings. The van der Waals surface area contributed by atoms with E-state index in [0.717, 1.165) is 12.8 Å². The van der Waals surface area contributed by atoms with Crippen LogP contribution in [0.2, 0.25) is 0 Å². The number of carboxylic acid groups (broad SMARTS) is 1. The van der Waals surface area contributed by atoms with Crippen molar-refractivity contribution in [1.82, 2.24) is 0 Å². The Morgan fingerprint density at radius 1 is 0.533 bits per heavy atom. The molecule has 180 valence electrons. The molecule has 0 aromatic carbocycles. The predicted molar refractivity (Wildman–Crippen MR) is 130 cm³/mol. The van der Waals surface area contributed by atoms with Crippen LogP contribution in [0.15, 0.2) is 0 Å². The Morgan fingerprint density at radius 2 is 0.833 bits per heavy atom. The maximum absolute atomic E-state index is 10.4. The maximum Gasteiger partial charge on any atom is 0.303 e. The van der Waals surface area contributed by atoms with E-state index in [0.29, 0.717) is 12.8 Å². The molecule has 0 spiro atoms. The maximum atomic E-state index is 10.4. The fourth-order valence-electron chi connectivity index (χ4n) is 4.27. The quantitative estimate of drug-likeness (QED) is 0.143. The molecule has 1 atom stereocenters. The van der Waals surface area contributed by atoms with Crippen molar-refractivity contribution >= 4 is 5.97 Å². The number of carbonyl (C=O) groups is 1. The van der Waals surface area contributed by atoms with Gasteiger partial charge in [0, 0.05) is 6.42 Å². The summed E-state index contributed by atoms with van der Waals surface area (Å²) in [6, 6.07) is 0.